The van der Waals surface area contributed by atoms with Gasteiger partial charge in [-0.15, -0.1) is 0 Å². The molecule has 2 heterocycles. The van der Waals surface area contributed by atoms with Crippen LogP contribution < -0.4 is 5.73 Å². The lowest BCUT2D eigenvalue weighted by Gasteiger charge is -2.07. The number of alkyl halides is 3. The van der Waals surface area contributed by atoms with E-state index in [1.165, 1.54) is 12.3 Å². The summed E-state index contributed by atoms with van der Waals surface area (Å²) in [6.07, 6.45) is -3.32. The molecule has 5 nitrogen and oxygen atoms in total. The summed E-state index contributed by atoms with van der Waals surface area (Å²) in [5, 5.41) is 4.24. The molecule has 2 aromatic rings. The van der Waals surface area contributed by atoms with Crippen molar-refractivity contribution < 1.29 is 13.2 Å². The van der Waals surface area contributed by atoms with E-state index in [0.29, 0.717) is 10.7 Å². The maximum Gasteiger partial charge on any atom is 0.451 e. The van der Waals surface area contributed by atoms with Gasteiger partial charge < -0.3 is 5.73 Å². The maximum absolute atomic E-state index is 12.5. The van der Waals surface area contributed by atoms with E-state index in [1.807, 2.05) is 0 Å². The van der Waals surface area contributed by atoms with Crippen LogP contribution >= 0.6 is 11.6 Å². The van der Waals surface area contributed by atoms with Gasteiger partial charge in [0.05, 0.1) is 16.9 Å². The Morgan fingerprint density at radius 1 is 1.33 bits per heavy atom. The van der Waals surface area contributed by atoms with E-state index < -0.39 is 12.0 Å². The standard InChI is InChI=1S/C9H7ClF3N5/c1-4-5(10)3-18(17-4)7-2-6(14)15-8(16-7)9(11,12)13/h2-3H,1H3,(H2,14,15,16). The molecule has 0 radical (unpaired) electrons. The van der Waals surface area contributed by atoms with Crippen LogP contribution in [0.3, 0.4) is 0 Å². The first-order chi connectivity index (χ1) is 8.27. The molecule has 0 aromatic carbocycles. The summed E-state index contributed by atoms with van der Waals surface area (Å²) in [4.78, 5) is 6.48. The fourth-order valence-electron chi connectivity index (χ4n) is 1.25. The van der Waals surface area contributed by atoms with Crippen LogP contribution in [0.25, 0.3) is 5.82 Å². The molecule has 2 aromatic heterocycles. The van der Waals surface area contributed by atoms with E-state index >= 15 is 0 Å². The molecule has 9 heteroatoms. The van der Waals surface area contributed by atoms with Crippen LogP contribution in [0.15, 0.2) is 12.3 Å². The SMILES string of the molecule is Cc1nn(-c2cc(N)nc(C(F)(F)F)n2)cc1Cl. The Kier molecular flexibility index (Phi) is 2.89. The second kappa shape index (κ2) is 4.13. The Morgan fingerprint density at radius 3 is 2.50 bits per heavy atom. The van der Waals surface area contributed by atoms with Crippen molar-refractivity contribution in [3.8, 4) is 5.82 Å². The van der Waals surface area contributed by atoms with Crippen molar-refractivity contribution in [3.63, 3.8) is 0 Å². The van der Waals surface area contributed by atoms with Gasteiger partial charge in [0.25, 0.3) is 0 Å². The number of halogens is 4. The molecule has 0 atom stereocenters. The zero-order valence-electron chi connectivity index (χ0n) is 9.03. The molecule has 18 heavy (non-hydrogen) atoms. The lowest BCUT2D eigenvalue weighted by molar-refractivity contribution is -0.144. The van der Waals surface area contributed by atoms with Crippen LogP contribution in [-0.4, -0.2) is 19.7 Å². The van der Waals surface area contributed by atoms with E-state index in [0.717, 1.165) is 4.68 Å². The zero-order valence-corrected chi connectivity index (χ0v) is 9.79. The monoisotopic (exact) mass is 277 g/mol. The largest absolute Gasteiger partial charge is 0.451 e. The van der Waals surface area contributed by atoms with E-state index in [9.17, 15) is 13.2 Å². The lowest BCUT2D eigenvalue weighted by atomic mass is 10.4. The number of nitrogens with two attached hydrogens (primary N) is 1. The van der Waals surface area contributed by atoms with Crippen LogP contribution in [-0.2, 0) is 6.18 Å². The molecule has 0 aliphatic carbocycles. The number of aromatic nitrogens is 4. The Morgan fingerprint density at radius 2 is 2.00 bits per heavy atom. The highest BCUT2D eigenvalue weighted by molar-refractivity contribution is 6.31. The first kappa shape index (κ1) is 12.6. The molecule has 0 fully saturated rings. The third-order valence-corrected chi connectivity index (χ3v) is 2.43. The lowest BCUT2D eigenvalue weighted by Crippen LogP contribution is -2.15. The Labute approximate surface area is 104 Å². The van der Waals surface area contributed by atoms with Gasteiger partial charge in [-0.3, -0.25) is 0 Å². The van der Waals surface area contributed by atoms with Gasteiger partial charge in [0, 0.05) is 6.07 Å². The normalized spacial score (nSPS) is 11.8. The quantitative estimate of drug-likeness (QED) is 0.868. The van der Waals surface area contributed by atoms with Crippen molar-refractivity contribution in [2.45, 2.75) is 13.1 Å². The predicted molar refractivity (Wildman–Crippen MR) is 58.3 cm³/mol. The Hall–Kier alpha value is -1.83. The molecule has 96 valence electrons. The zero-order chi connectivity index (χ0) is 13.5. The molecule has 0 unspecified atom stereocenters. The number of aryl methyl sites for hydroxylation is 1. The molecular weight excluding hydrogens is 271 g/mol. The molecule has 2 rings (SSSR count). The van der Waals surface area contributed by atoms with Gasteiger partial charge in [0.15, 0.2) is 5.82 Å². The van der Waals surface area contributed by atoms with Gasteiger partial charge in [-0.1, -0.05) is 11.6 Å². The topological polar surface area (TPSA) is 69.6 Å². The fraction of sp³-hybridized carbons (Fsp3) is 0.222. The number of anilines is 1. The molecule has 0 aliphatic rings. The average Bonchev–Trinajstić information content (AvgIpc) is 2.57. The van der Waals surface area contributed by atoms with Crippen LogP contribution in [0.1, 0.15) is 11.5 Å². The van der Waals surface area contributed by atoms with Crippen molar-refractivity contribution in [2.75, 3.05) is 5.73 Å². The van der Waals surface area contributed by atoms with Gasteiger partial charge in [0.2, 0.25) is 5.82 Å². The summed E-state index contributed by atoms with van der Waals surface area (Å²) in [5.74, 6) is -1.71. The number of hydrogen-bond donors (Lipinski definition) is 1. The third kappa shape index (κ3) is 2.37. The van der Waals surface area contributed by atoms with Crippen molar-refractivity contribution >= 4 is 17.4 Å². The predicted octanol–water partition coefficient (Wildman–Crippen LogP) is 2.23. The van der Waals surface area contributed by atoms with E-state index in [4.69, 9.17) is 17.3 Å². The molecule has 0 spiro atoms. The summed E-state index contributed by atoms with van der Waals surface area (Å²) in [6.45, 7) is 1.62. The van der Waals surface area contributed by atoms with Gasteiger partial charge in [-0.25, -0.2) is 14.6 Å². The van der Waals surface area contributed by atoms with Crippen molar-refractivity contribution in [1.82, 2.24) is 19.7 Å². The summed E-state index contributed by atoms with van der Waals surface area (Å²) in [6, 6.07) is 1.18. The molecule has 0 bridgehead atoms. The van der Waals surface area contributed by atoms with Gasteiger partial charge in [-0.05, 0) is 6.92 Å². The molecular formula is C9H7ClF3N5. The molecule has 0 amide bonds. The minimum absolute atomic E-state index is 0.0928. The minimum Gasteiger partial charge on any atom is -0.384 e. The molecule has 0 saturated carbocycles. The smallest absolute Gasteiger partial charge is 0.384 e. The first-order valence-electron chi connectivity index (χ1n) is 4.71. The molecule has 0 aliphatic heterocycles. The average molecular weight is 278 g/mol. The second-order valence-corrected chi connectivity index (χ2v) is 3.89. The molecule has 2 N–H and O–H groups in total. The Bertz CT molecular complexity index is 573. The third-order valence-electron chi connectivity index (χ3n) is 2.06. The number of nitrogen functional groups attached to an aromatic ring is 1. The van der Waals surface area contributed by atoms with E-state index in [-0.39, 0.29) is 11.6 Å². The van der Waals surface area contributed by atoms with Crippen LogP contribution in [0.5, 0.6) is 0 Å². The number of hydrogen-bond acceptors (Lipinski definition) is 4. The van der Waals surface area contributed by atoms with Gasteiger partial charge >= 0.3 is 6.18 Å². The highest BCUT2D eigenvalue weighted by Gasteiger charge is 2.35. The maximum atomic E-state index is 12.5. The summed E-state index contributed by atoms with van der Waals surface area (Å²) < 4.78 is 38.7. The summed E-state index contributed by atoms with van der Waals surface area (Å²) in [7, 11) is 0. The van der Waals surface area contributed by atoms with E-state index in [2.05, 4.69) is 15.1 Å². The summed E-state index contributed by atoms with van der Waals surface area (Å²) in [5.41, 5.74) is 5.79. The number of rotatable bonds is 1. The minimum atomic E-state index is -4.67. The van der Waals surface area contributed by atoms with Gasteiger partial charge in [0.1, 0.15) is 5.82 Å². The Balaban J connectivity index is 2.55. The fourth-order valence-corrected chi connectivity index (χ4v) is 1.38. The molecule has 0 saturated heterocycles. The highest BCUT2D eigenvalue weighted by Crippen LogP contribution is 2.27. The van der Waals surface area contributed by atoms with Crippen LogP contribution in [0, 0.1) is 6.92 Å². The van der Waals surface area contributed by atoms with E-state index in [1.54, 1.807) is 6.92 Å². The highest BCUT2D eigenvalue weighted by atomic mass is 35.5. The van der Waals surface area contributed by atoms with Crippen LogP contribution in [0.4, 0.5) is 19.0 Å². The van der Waals surface area contributed by atoms with Crippen molar-refractivity contribution in [2.24, 2.45) is 0 Å². The van der Waals surface area contributed by atoms with Gasteiger partial charge in [-0.2, -0.15) is 18.3 Å². The summed E-state index contributed by atoms with van der Waals surface area (Å²) >= 11 is 5.77. The number of nitrogens with zero attached hydrogens (tertiary/aromatic N) is 4. The van der Waals surface area contributed by atoms with Crippen LogP contribution in [0.2, 0.25) is 5.02 Å². The van der Waals surface area contributed by atoms with Crippen molar-refractivity contribution in [1.29, 1.82) is 0 Å². The van der Waals surface area contributed by atoms with Crippen molar-refractivity contribution in [3.05, 3.63) is 28.8 Å². The first-order valence-corrected chi connectivity index (χ1v) is 5.09. The second-order valence-electron chi connectivity index (χ2n) is 3.48.